The average molecular weight is 399 g/mol. The van der Waals surface area contributed by atoms with Gasteiger partial charge in [0, 0.05) is 11.8 Å². The van der Waals surface area contributed by atoms with Crippen molar-refractivity contribution in [2.24, 2.45) is 0 Å². The van der Waals surface area contributed by atoms with Gasteiger partial charge in [0.2, 0.25) is 0 Å². The topological polar surface area (TPSA) is 59.8 Å². The van der Waals surface area contributed by atoms with Crippen LogP contribution in [0.3, 0.4) is 0 Å². The maximum atomic E-state index is 12.3. The SMILES string of the molecule is Cc1ccc(NC(=O)c2ccc(Cn3nc(C)c(Br)c3C)cc2)nc1. The lowest BCUT2D eigenvalue weighted by Crippen LogP contribution is -2.13. The first-order chi connectivity index (χ1) is 11.9. The number of aryl methyl sites for hydroxylation is 2. The smallest absolute Gasteiger partial charge is 0.256 e. The second-order valence-electron chi connectivity index (χ2n) is 6.01. The van der Waals surface area contributed by atoms with Crippen LogP contribution in [0.1, 0.15) is 32.9 Å². The molecule has 0 aliphatic rings. The van der Waals surface area contributed by atoms with Crippen LogP contribution < -0.4 is 5.32 Å². The van der Waals surface area contributed by atoms with Crippen LogP contribution in [-0.2, 0) is 6.54 Å². The minimum absolute atomic E-state index is 0.170. The van der Waals surface area contributed by atoms with Crippen LogP contribution in [0.4, 0.5) is 5.82 Å². The summed E-state index contributed by atoms with van der Waals surface area (Å²) in [6, 6.07) is 11.2. The Morgan fingerprint density at radius 2 is 1.84 bits per heavy atom. The van der Waals surface area contributed by atoms with Gasteiger partial charge in [-0.15, -0.1) is 0 Å². The molecule has 3 rings (SSSR count). The van der Waals surface area contributed by atoms with Crippen LogP contribution in [0, 0.1) is 20.8 Å². The van der Waals surface area contributed by atoms with E-state index in [-0.39, 0.29) is 5.91 Å². The zero-order valence-electron chi connectivity index (χ0n) is 14.4. The minimum atomic E-state index is -0.170. The summed E-state index contributed by atoms with van der Waals surface area (Å²) in [6.07, 6.45) is 1.73. The number of rotatable bonds is 4. The van der Waals surface area contributed by atoms with E-state index in [2.05, 4.69) is 31.3 Å². The molecule has 0 saturated heterocycles. The monoisotopic (exact) mass is 398 g/mol. The molecule has 2 heterocycles. The molecule has 0 aliphatic carbocycles. The number of amides is 1. The van der Waals surface area contributed by atoms with Gasteiger partial charge in [-0.3, -0.25) is 9.48 Å². The quantitative estimate of drug-likeness (QED) is 0.713. The van der Waals surface area contributed by atoms with Crippen molar-refractivity contribution >= 4 is 27.7 Å². The molecular formula is C19H19BrN4O. The maximum Gasteiger partial charge on any atom is 0.256 e. The second kappa shape index (κ2) is 7.19. The van der Waals surface area contributed by atoms with Crippen LogP contribution in [-0.4, -0.2) is 20.7 Å². The van der Waals surface area contributed by atoms with Crippen LogP contribution in [0.25, 0.3) is 0 Å². The van der Waals surface area contributed by atoms with E-state index in [1.165, 1.54) is 0 Å². The van der Waals surface area contributed by atoms with Crippen molar-refractivity contribution in [3.8, 4) is 0 Å². The molecule has 128 valence electrons. The van der Waals surface area contributed by atoms with Gasteiger partial charge in [-0.25, -0.2) is 4.98 Å². The molecule has 25 heavy (non-hydrogen) atoms. The van der Waals surface area contributed by atoms with Gasteiger partial charge >= 0.3 is 0 Å². The molecule has 0 saturated carbocycles. The lowest BCUT2D eigenvalue weighted by atomic mass is 10.1. The van der Waals surface area contributed by atoms with Crippen molar-refractivity contribution in [1.29, 1.82) is 0 Å². The summed E-state index contributed by atoms with van der Waals surface area (Å²) >= 11 is 3.54. The molecule has 0 fully saturated rings. The molecular weight excluding hydrogens is 380 g/mol. The lowest BCUT2D eigenvalue weighted by Gasteiger charge is -2.07. The molecule has 6 heteroatoms. The van der Waals surface area contributed by atoms with E-state index < -0.39 is 0 Å². The number of benzene rings is 1. The summed E-state index contributed by atoms with van der Waals surface area (Å²) in [4.78, 5) is 16.5. The molecule has 0 aliphatic heterocycles. The highest BCUT2D eigenvalue weighted by molar-refractivity contribution is 9.10. The third kappa shape index (κ3) is 3.96. The van der Waals surface area contributed by atoms with E-state index in [1.807, 2.05) is 55.8 Å². The molecule has 0 bridgehead atoms. The van der Waals surface area contributed by atoms with E-state index in [1.54, 1.807) is 12.3 Å². The fraction of sp³-hybridized carbons (Fsp3) is 0.211. The van der Waals surface area contributed by atoms with Gasteiger partial charge in [0.25, 0.3) is 5.91 Å². The Hall–Kier alpha value is -2.47. The molecule has 1 amide bonds. The Balaban J connectivity index is 1.70. The normalized spacial score (nSPS) is 10.7. The lowest BCUT2D eigenvalue weighted by molar-refractivity contribution is 0.102. The number of halogens is 1. The number of anilines is 1. The number of carbonyl (C=O) groups is 1. The van der Waals surface area contributed by atoms with Gasteiger partial charge in [0.05, 0.1) is 22.4 Å². The largest absolute Gasteiger partial charge is 0.307 e. The number of hydrogen-bond donors (Lipinski definition) is 1. The Kier molecular flexibility index (Phi) is 4.99. The van der Waals surface area contributed by atoms with E-state index in [0.29, 0.717) is 17.9 Å². The van der Waals surface area contributed by atoms with Crippen molar-refractivity contribution in [3.05, 3.63) is 75.1 Å². The molecule has 5 nitrogen and oxygen atoms in total. The molecule has 0 unspecified atom stereocenters. The summed E-state index contributed by atoms with van der Waals surface area (Å²) in [7, 11) is 0. The molecule has 0 atom stereocenters. The van der Waals surface area contributed by atoms with Crippen molar-refractivity contribution in [1.82, 2.24) is 14.8 Å². The zero-order chi connectivity index (χ0) is 18.0. The summed E-state index contributed by atoms with van der Waals surface area (Å²) in [5.41, 5.74) is 4.80. The van der Waals surface area contributed by atoms with E-state index in [4.69, 9.17) is 0 Å². The van der Waals surface area contributed by atoms with E-state index in [9.17, 15) is 4.79 Å². The summed E-state index contributed by atoms with van der Waals surface area (Å²) in [5.74, 6) is 0.379. The summed E-state index contributed by atoms with van der Waals surface area (Å²) in [5, 5.41) is 7.31. The first-order valence-electron chi connectivity index (χ1n) is 7.96. The van der Waals surface area contributed by atoms with Crippen LogP contribution in [0.5, 0.6) is 0 Å². The van der Waals surface area contributed by atoms with Crippen molar-refractivity contribution in [3.63, 3.8) is 0 Å². The van der Waals surface area contributed by atoms with Gasteiger partial charge in [0.15, 0.2) is 0 Å². The summed E-state index contributed by atoms with van der Waals surface area (Å²) in [6.45, 7) is 6.62. The maximum absolute atomic E-state index is 12.3. The zero-order valence-corrected chi connectivity index (χ0v) is 16.0. The highest BCUT2D eigenvalue weighted by Crippen LogP contribution is 2.20. The third-order valence-electron chi connectivity index (χ3n) is 3.99. The Bertz CT molecular complexity index is 898. The highest BCUT2D eigenvalue weighted by Gasteiger charge is 2.10. The van der Waals surface area contributed by atoms with Gasteiger partial charge < -0.3 is 5.32 Å². The number of pyridine rings is 1. The number of hydrogen-bond acceptors (Lipinski definition) is 3. The number of nitrogens with one attached hydrogen (secondary N) is 1. The molecule has 3 aromatic rings. The van der Waals surface area contributed by atoms with E-state index >= 15 is 0 Å². The predicted molar refractivity (Wildman–Crippen MR) is 102 cm³/mol. The van der Waals surface area contributed by atoms with Crippen molar-refractivity contribution < 1.29 is 4.79 Å². The first-order valence-corrected chi connectivity index (χ1v) is 8.76. The first kappa shape index (κ1) is 17.4. The molecule has 1 N–H and O–H groups in total. The minimum Gasteiger partial charge on any atom is -0.307 e. The van der Waals surface area contributed by atoms with Gasteiger partial charge in [-0.2, -0.15) is 5.10 Å². The summed E-state index contributed by atoms with van der Waals surface area (Å²) < 4.78 is 2.99. The average Bonchev–Trinajstić information content (AvgIpc) is 2.84. The number of carbonyl (C=O) groups excluding carboxylic acids is 1. The molecule has 1 aromatic carbocycles. The van der Waals surface area contributed by atoms with Crippen molar-refractivity contribution in [2.75, 3.05) is 5.32 Å². The Labute approximate surface area is 155 Å². The second-order valence-corrected chi connectivity index (χ2v) is 6.81. The Morgan fingerprint density at radius 3 is 2.40 bits per heavy atom. The van der Waals surface area contributed by atoms with Gasteiger partial charge in [-0.1, -0.05) is 18.2 Å². The highest BCUT2D eigenvalue weighted by atomic mass is 79.9. The fourth-order valence-corrected chi connectivity index (χ4v) is 2.78. The number of nitrogens with zero attached hydrogens (tertiary/aromatic N) is 3. The third-order valence-corrected chi connectivity index (χ3v) is 5.14. The molecule has 2 aromatic heterocycles. The molecule has 0 radical (unpaired) electrons. The van der Waals surface area contributed by atoms with Crippen molar-refractivity contribution in [2.45, 2.75) is 27.3 Å². The van der Waals surface area contributed by atoms with Crippen LogP contribution in [0.2, 0.25) is 0 Å². The standard InChI is InChI=1S/C19H19BrN4O/c1-12-4-9-17(21-10-12)22-19(25)16-7-5-15(6-8-16)11-24-14(3)18(20)13(2)23-24/h4-10H,11H2,1-3H3,(H,21,22,25). The van der Waals surface area contributed by atoms with Gasteiger partial charge in [0.1, 0.15) is 5.82 Å². The Morgan fingerprint density at radius 1 is 1.12 bits per heavy atom. The van der Waals surface area contributed by atoms with Crippen LogP contribution in [0.15, 0.2) is 47.1 Å². The molecule has 0 spiro atoms. The van der Waals surface area contributed by atoms with E-state index in [0.717, 1.165) is 27.0 Å². The van der Waals surface area contributed by atoms with Gasteiger partial charge in [-0.05, 0) is 66.0 Å². The number of aromatic nitrogens is 3. The predicted octanol–water partition coefficient (Wildman–Crippen LogP) is 4.27. The fourth-order valence-electron chi connectivity index (χ4n) is 2.49. The van der Waals surface area contributed by atoms with Crippen LogP contribution >= 0.6 is 15.9 Å².